The summed E-state index contributed by atoms with van der Waals surface area (Å²) in [5.41, 5.74) is 3.65. The van der Waals surface area contributed by atoms with Crippen molar-refractivity contribution in [2.45, 2.75) is 32.2 Å². The van der Waals surface area contributed by atoms with E-state index in [0.29, 0.717) is 13.1 Å². The van der Waals surface area contributed by atoms with E-state index < -0.39 is 0 Å². The average Bonchev–Trinajstić information content (AvgIpc) is 2.75. The lowest BCUT2D eigenvalue weighted by atomic mass is 10.1. The molecule has 2 aromatic carbocycles. The van der Waals surface area contributed by atoms with Gasteiger partial charge in [-0.05, 0) is 55.0 Å². The number of anilines is 1. The summed E-state index contributed by atoms with van der Waals surface area (Å²) < 4.78 is 5.17. The molecule has 2 amide bonds. The van der Waals surface area contributed by atoms with E-state index in [1.807, 2.05) is 31.3 Å². The van der Waals surface area contributed by atoms with E-state index in [2.05, 4.69) is 34.5 Å². The van der Waals surface area contributed by atoms with Crippen molar-refractivity contribution < 1.29 is 9.53 Å². The van der Waals surface area contributed by atoms with Gasteiger partial charge in [-0.25, -0.2) is 4.79 Å². The highest BCUT2D eigenvalue weighted by Gasteiger charge is 2.16. The molecular weight excluding hydrogens is 350 g/mol. The van der Waals surface area contributed by atoms with Crippen molar-refractivity contribution in [3.63, 3.8) is 0 Å². The highest BCUT2D eigenvalue weighted by Crippen LogP contribution is 2.25. The molecule has 3 rings (SSSR count). The van der Waals surface area contributed by atoms with Crippen LogP contribution in [0, 0.1) is 0 Å². The van der Waals surface area contributed by atoms with Crippen LogP contribution in [0.4, 0.5) is 10.5 Å². The summed E-state index contributed by atoms with van der Waals surface area (Å²) in [5, 5.41) is 3.02. The Kier molecular flexibility index (Phi) is 7.18. The molecule has 0 radical (unpaired) electrons. The number of hydrogen-bond donors (Lipinski definition) is 1. The van der Waals surface area contributed by atoms with E-state index in [0.717, 1.165) is 25.3 Å². The lowest BCUT2D eigenvalue weighted by Gasteiger charge is -2.31. The zero-order valence-electron chi connectivity index (χ0n) is 17.0. The zero-order valence-corrected chi connectivity index (χ0v) is 17.0. The maximum atomic E-state index is 12.5. The van der Waals surface area contributed by atoms with Crippen molar-refractivity contribution >= 4 is 11.7 Å². The van der Waals surface area contributed by atoms with Gasteiger partial charge in [0.1, 0.15) is 5.75 Å². The van der Waals surface area contributed by atoms with Gasteiger partial charge in [-0.2, -0.15) is 0 Å². The first-order chi connectivity index (χ1) is 13.7. The molecule has 1 saturated heterocycles. The number of para-hydroxylation sites is 1. The van der Waals surface area contributed by atoms with Gasteiger partial charge in [0.15, 0.2) is 0 Å². The van der Waals surface area contributed by atoms with Crippen LogP contribution in [-0.4, -0.2) is 44.7 Å². The summed E-state index contributed by atoms with van der Waals surface area (Å²) in [5.74, 6) is 0.847. The number of nitrogens with one attached hydrogen (secondary N) is 1. The normalized spacial score (nSPS) is 13.9. The third-order valence-electron chi connectivity index (χ3n) is 5.29. The van der Waals surface area contributed by atoms with Crippen LogP contribution >= 0.6 is 0 Å². The van der Waals surface area contributed by atoms with Crippen molar-refractivity contribution in [3.05, 3.63) is 59.7 Å². The molecule has 0 atom stereocenters. The lowest BCUT2D eigenvalue weighted by Crippen LogP contribution is -2.38. The Balaban J connectivity index is 1.51. The smallest absolute Gasteiger partial charge is 0.317 e. The number of amides is 2. The second-order valence-electron chi connectivity index (χ2n) is 7.36. The molecule has 1 heterocycles. The molecule has 1 fully saturated rings. The molecule has 0 spiro atoms. The fourth-order valence-electron chi connectivity index (χ4n) is 3.66. The Labute approximate surface area is 168 Å². The van der Waals surface area contributed by atoms with Gasteiger partial charge in [0.25, 0.3) is 0 Å². The summed E-state index contributed by atoms with van der Waals surface area (Å²) in [6.07, 6.45) is 4.61. The first-order valence-corrected chi connectivity index (χ1v) is 10.1. The van der Waals surface area contributed by atoms with Crippen LogP contribution in [0.5, 0.6) is 5.75 Å². The van der Waals surface area contributed by atoms with Crippen LogP contribution < -0.4 is 15.0 Å². The summed E-state index contributed by atoms with van der Waals surface area (Å²) in [4.78, 5) is 16.7. The number of urea groups is 1. The van der Waals surface area contributed by atoms with Crippen LogP contribution in [0.1, 0.15) is 30.4 Å². The second-order valence-corrected chi connectivity index (χ2v) is 7.36. The third-order valence-corrected chi connectivity index (χ3v) is 5.29. The van der Waals surface area contributed by atoms with Crippen LogP contribution in [0.15, 0.2) is 48.5 Å². The number of carbonyl (C=O) groups is 1. The number of ether oxygens (including phenoxy) is 1. The Morgan fingerprint density at radius 1 is 1.07 bits per heavy atom. The predicted molar refractivity (Wildman–Crippen MR) is 114 cm³/mol. The van der Waals surface area contributed by atoms with E-state index >= 15 is 0 Å². The largest absolute Gasteiger partial charge is 0.497 e. The van der Waals surface area contributed by atoms with Crippen LogP contribution in [0.2, 0.25) is 0 Å². The molecule has 0 aliphatic carbocycles. The standard InChI is InChI=1S/C23H31N3O2/c1-25(23(27)24-15-14-19-10-12-21(28-2)13-11-19)18-20-8-4-5-9-22(20)26-16-6-3-7-17-26/h4-5,8-13H,3,6-7,14-18H2,1-2H3,(H,24,27). The van der Waals surface area contributed by atoms with E-state index in [-0.39, 0.29) is 6.03 Å². The zero-order chi connectivity index (χ0) is 19.8. The molecule has 0 bridgehead atoms. The SMILES string of the molecule is COc1ccc(CCNC(=O)N(C)Cc2ccccc2N2CCCCC2)cc1. The molecular formula is C23H31N3O2. The lowest BCUT2D eigenvalue weighted by molar-refractivity contribution is 0.207. The first kappa shape index (κ1) is 20.1. The number of carbonyl (C=O) groups excluding carboxylic acids is 1. The van der Waals surface area contributed by atoms with Gasteiger partial charge >= 0.3 is 6.03 Å². The van der Waals surface area contributed by atoms with Crippen molar-refractivity contribution in [2.75, 3.05) is 38.7 Å². The fourth-order valence-corrected chi connectivity index (χ4v) is 3.66. The number of methoxy groups -OCH3 is 1. The molecule has 5 nitrogen and oxygen atoms in total. The van der Waals surface area contributed by atoms with Gasteiger partial charge in [-0.3, -0.25) is 0 Å². The molecule has 0 saturated carbocycles. The monoisotopic (exact) mass is 381 g/mol. The number of benzene rings is 2. The molecule has 0 aromatic heterocycles. The number of rotatable bonds is 7. The molecule has 1 N–H and O–H groups in total. The van der Waals surface area contributed by atoms with Gasteiger partial charge in [0.2, 0.25) is 0 Å². The summed E-state index contributed by atoms with van der Waals surface area (Å²) in [7, 11) is 3.52. The molecule has 5 heteroatoms. The minimum atomic E-state index is -0.0399. The number of hydrogen-bond acceptors (Lipinski definition) is 3. The number of piperidine rings is 1. The average molecular weight is 382 g/mol. The van der Waals surface area contributed by atoms with E-state index in [1.165, 1.54) is 36.1 Å². The second kappa shape index (κ2) is 10.0. The molecule has 150 valence electrons. The molecule has 1 aliphatic rings. The Morgan fingerprint density at radius 3 is 2.50 bits per heavy atom. The maximum Gasteiger partial charge on any atom is 0.317 e. The van der Waals surface area contributed by atoms with Crippen LogP contribution in [0.25, 0.3) is 0 Å². The predicted octanol–water partition coefficient (Wildman–Crippen LogP) is 4.07. The Hall–Kier alpha value is -2.69. The summed E-state index contributed by atoms with van der Waals surface area (Å²) in [6, 6.07) is 16.4. The Bertz CT molecular complexity index is 755. The third kappa shape index (κ3) is 5.41. The van der Waals surface area contributed by atoms with E-state index in [9.17, 15) is 4.79 Å². The molecule has 2 aromatic rings. The van der Waals surface area contributed by atoms with E-state index in [1.54, 1.807) is 12.0 Å². The quantitative estimate of drug-likeness (QED) is 0.786. The van der Waals surface area contributed by atoms with Gasteiger partial charge in [-0.15, -0.1) is 0 Å². The fraction of sp³-hybridized carbons (Fsp3) is 0.435. The molecule has 1 aliphatic heterocycles. The minimum Gasteiger partial charge on any atom is -0.497 e. The van der Waals surface area contributed by atoms with Crippen molar-refractivity contribution in [3.8, 4) is 5.75 Å². The molecule has 28 heavy (non-hydrogen) atoms. The first-order valence-electron chi connectivity index (χ1n) is 10.1. The highest BCUT2D eigenvalue weighted by molar-refractivity contribution is 5.74. The topological polar surface area (TPSA) is 44.8 Å². The molecule has 0 unspecified atom stereocenters. The van der Waals surface area contributed by atoms with Crippen LogP contribution in [-0.2, 0) is 13.0 Å². The van der Waals surface area contributed by atoms with Gasteiger partial charge in [0, 0.05) is 38.9 Å². The van der Waals surface area contributed by atoms with Gasteiger partial charge in [-0.1, -0.05) is 30.3 Å². The number of nitrogens with zero attached hydrogens (tertiary/aromatic N) is 2. The van der Waals surface area contributed by atoms with E-state index in [4.69, 9.17) is 4.74 Å². The van der Waals surface area contributed by atoms with Crippen molar-refractivity contribution in [1.82, 2.24) is 10.2 Å². The van der Waals surface area contributed by atoms with Gasteiger partial charge < -0.3 is 19.9 Å². The maximum absolute atomic E-state index is 12.5. The Morgan fingerprint density at radius 2 is 1.79 bits per heavy atom. The van der Waals surface area contributed by atoms with Crippen molar-refractivity contribution in [2.24, 2.45) is 0 Å². The summed E-state index contributed by atoms with van der Waals surface area (Å²) >= 11 is 0. The van der Waals surface area contributed by atoms with Gasteiger partial charge in [0.05, 0.1) is 7.11 Å². The minimum absolute atomic E-state index is 0.0399. The summed E-state index contributed by atoms with van der Waals surface area (Å²) in [6.45, 7) is 3.44. The highest BCUT2D eigenvalue weighted by atomic mass is 16.5. The van der Waals surface area contributed by atoms with Crippen molar-refractivity contribution in [1.29, 1.82) is 0 Å². The van der Waals surface area contributed by atoms with Crippen LogP contribution in [0.3, 0.4) is 0 Å².